The Morgan fingerprint density at radius 2 is 1.74 bits per heavy atom. The molecule has 0 saturated heterocycles. The van der Waals surface area contributed by atoms with E-state index in [2.05, 4.69) is 37.9 Å². The number of rotatable bonds is 9. The van der Waals surface area contributed by atoms with Crippen LogP contribution in [-0.2, 0) is 0 Å². The van der Waals surface area contributed by atoms with Crippen LogP contribution in [0.3, 0.4) is 0 Å². The van der Waals surface area contributed by atoms with Gasteiger partial charge in [-0.15, -0.1) is 0 Å². The summed E-state index contributed by atoms with van der Waals surface area (Å²) in [7, 11) is 0. The molecule has 0 aliphatic heterocycles. The van der Waals surface area contributed by atoms with Crippen LogP contribution in [-0.4, -0.2) is 36.1 Å². The number of hydrogen-bond donors (Lipinski definition) is 1. The maximum Gasteiger partial charge on any atom is 0.0249 e. The molecule has 2 atom stereocenters. The van der Waals surface area contributed by atoms with Crippen LogP contribution < -0.4 is 5.32 Å². The highest BCUT2D eigenvalue weighted by Crippen LogP contribution is 2.26. The summed E-state index contributed by atoms with van der Waals surface area (Å²) in [6.07, 6.45) is 11.1. The third kappa shape index (κ3) is 5.07. The summed E-state index contributed by atoms with van der Waals surface area (Å²) in [4.78, 5) is 2.82. The molecule has 0 aromatic heterocycles. The molecule has 114 valence electrons. The predicted octanol–water partition coefficient (Wildman–Crippen LogP) is 4.20. The molecule has 19 heavy (non-hydrogen) atoms. The Labute approximate surface area is 121 Å². The van der Waals surface area contributed by atoms with Gasteiger partial charge in [0.1, 0.15) is 0 Å². The molecule has 2 nitrogen and oxygen atoms in total. The number of nitrogens with zero attached hydrogens (tertiary/aromatic N) is 1. The molecule has 0 heterocycles. The van der Waals surface area contributed by atoms with Crippen molar-refractivity contribution < 1.29 is 0 Å². The van der Waals surface area contributed by atoms with Crippen LogP contribution in [0.1, 0.15) is 79.1 Å². The molecule has 1 saturated carbocycles. The van der Waals surface area contributed by atoms with Gasteiger partial charge in [0.15, 0.2) is 0 Å². The Kier molecular flexibility index (Phi) is 8.72. The fraction of sp³-hybridized carbons (Fsp3) is 1.00. The van der Waals surface area contributed by atoms with Gasteiger partial charge in [-0.05, 0) is 38.8 Å². The fourth-order valence-corrected chi connectivity index (χ4v) is 3.93. The van der Waals surface area contributed by atoms with E-state index in [1.807, 2.05) is 0 Å². The quantitative estimate of drug-likeness (QED) is 0.674. The summed E-state index contributed by atoms with van der Waals surface area (Å²) in [5.41, 5.74) is 0. The minimum Gasteiger partial charge on any atom is -0.313 e. The minimum absolute atomic E-state index is 0.682. The van der Waals surface area contributed by atoms with Crippen molar-refractivity contribution in [2.24, 2.45) is 0 Å². The van der Waals surface area contributed by atoms with Crippen molar-refractivity contribution in [3.05, 3.63) is 0 Å². The molecule has 1 aliphatic carbocycles. The summed E-state index contributed by atoms with van der Waals surface area (Å²) in [6, 6.07) is 2.26. The first kappa shape index (κ1) is 17.0. The highest BCUT2D eigenvalue weighted by Gasteiger charge is 2.29. The van der Waals surface area contributed by atoms with E-state index in [1.165, 1.54) is 57.9 Å². The molecule has 1 rings (SSSR count). The Bertz CT molecular complexity index is 205. The molecule has 1 N–H and O–H groups in total. The molecule has 2 heteroatoms. The van der Waals surface area contributed by atoms with Crippen molar-refractivity contribution in [3.8, 4) is 0 Å². The van der Waals surface area contributed by atoms with Crippen molar-refractivity contribution >= 4 is 0 Å². The van der Waals surface area contributed by atoms with Gasteiger partial charge in [-0.25, -0.2) is 0 Å². The lowest BCUT2D eigenvalue weighted by Crippen LogP contribution is -2.53. The highest BCUT2D eigenvalue weighted by molar-refractivity contribution is 4.88. The average Bonchev–Trinajstić information content (AvgIpc) is 2.45. The lowest BCUT2D eigenvalue weighted by atomic mass is 9.90. The molecular weight excluding hydrogens is 232 g/mol. The summed E-state index contributed by atoms with van der Waals surface area (Å²) in [5, 5.41) is 3.75. The third-order valence-electron chi connectivity index (χ3n) is 4.78. The fourth-order valence-electron chi connectivity index (χ4n) is 3.93. The molecule has 0 aromatic carbocycles. The molecule has 0 spiro atoms. The predicted molar refractivity (Wildman–Crippen MR) is 85.7 cm³/mol. The summed E-state index contributed by atoms with van der Waals surface area (Å²) >= 11 is 0. The first-order chi connectivity index (χ1) is 9.28. The lowest BCUT2D eigenvalue weighted by Gasteiger charge is -2.43. The van der Waals surface area contributed by atoms with Crippen molar-refractivity contribution in [1.29, 1.82) is 0 Å². The Morgan fingerprint density at radius 1 is 1.05 bits per heavy atom. The molecule has 0 bridgehead atoms. The van der Waals surface area contributed by atoms with Crippen LogP contribution in [0, 0.1) is 0 Å². The van der Waals surface area contributed by atoms with Gasteiger partial charge >= 0.3 is 0 Å². The van der Waals surface area contributed by atoms with Crippen LogP contribution in [0.4, 0.5) is 0 Å². The largest absolute Gasteiger partial charge is 0.313 e. The van der Waals surface area contributed by atoms with Gasteiger partial charge in [0.05, 0.1) is 0 Å². The minimum atomic E-state index is 0.682. The van der Waals surface area contributed by atoms with Gasteiger partial charge in [-0.2, -0.15) is 0 Å². The van der Waals surface area contributed by atoms with E-state index >= 15 is 0 Å². The van der Waals surface area contributed by atoms with E-state index in [0.717, 1.165) is 18.6 Å². The monoisotopic (exact) mass is 268 g/mol. The van der Waals surface area contributed by atoms with Gasteiger partial charge in [0.25, 0.3) is 0 Å². The van der Waals surface area contributed by atoms with Gasteiger partial charge < -0.3 is 5.32 Å². The van der Waals surface area contributed by atoms with E-state index in [0.29, 0.717) is 6.04 Å². The van der Waals surface area contributed by atoms with Gasteiger partial charge in [0, 0.05) is 18.1 Å². The smallest absolute Gasteiger partial charge is 0.0249 e. The van der Waals surface area contributed by atoms with Gasteiger partial charge in [-0.3, -0.25) is 4.90 Å². The lowest BCUT2D eigenvalue weighted by molar-refractivity contribution is 0.0809. The first-order valence-corrected chi connectivity index (χ1v) is 8.77. The van der Waals surface area contributed by atoms with Crippen LogP contribution in [0.25, 0.3) is 0 Å². The maximum absolute atomic E-state index is 3.75. The van der Waals surface area contributed by atoms with Gasteiger partial charge in [-0.1, -0.05) is 53.4 Å². The van der Waals surface area contributed by atoms with Crippen molar-refractivity contribution in [1.82, 2.24) is 10.2 Å². The second kappa shape index (κ2) is 9.77. The molecule has 0 aromatic rings. The maximum atomic E-state index is 3.75. The van der Waals surface area contributed by atoms with Crippen LogP contribution >= 0.6 is 0 Å². The number of nitrogens with one attached hydrogen (secondary N) is 1. The van der Waals surface area contributed by atoms with Crippen LogP contribution in [0.5, 0.6) is 0 Å². The molecule has 2 unspecified atom stereocenters. The average molecular weight is 268 g/mol. The summed E-state index contributed by atoms with van der Waals surface area (Å²) < 4.78 is 0. The second-order valence-electron chi connectivity index (χ2n) is 6.05. The topological polar surface area (TPSA) is 15.3 Å². The van der Waals surface area contributed by atoms with E-state index in [4.69, 9.17) is 0 Å². The van der Waals surface area contributed by atoms with Crippen LogP contribution in [0.2, 0.25) is 0 Å². The van der Waals surface area contributed by atoms with E-state index in [9.17, 15) is 0 Å². The molecule has 1 aliphatic rings. The third-order valence-corrected chi connectivity index (χ3v) is 4.78. The zero-order valence-electron chi connectivity index (χ0n) is 13.8. The molecular formula is C17H36N2. The second-order valence-corrected chi connectivity index (χ2v) is 6.05. The Hall–Kier alpha value is -0.0800. The summed E-state index contributed by atoms with van der Waals surface area (Å²) in [6.45, 7) is 11.6. The van der Waals surface area contributed by atoms with E-state index in [-0.39, 0.29) is 0 Å². The highest BCUT2D eigenvalue weighted by atomic mass is 15.2. The molecule has 0 amide bonds. The normalized spacial score (nSPS) is 20.7. The molecule has 1 fully saturated rings. The Morgan fingerprint density at radius 3 is 2.21 bits per heavy atom. The van der Waals surface area contributed by atoms with Crippen molar-refractivity contribution in [3.63, 3.8) is 0 Å². The van der Waals surface area contributed by atoms with Crippen molar-refractivity contribution in [2.75, 3.05) is 13.1 Å². The number of hydrogen-bond acceptors (Lipinski definition) is 2. The van der Waals surface area contributed by atoms with Crippen molar-refractivity contribution in [2.45, 2.75) is 97.2 Å². The van der Waals surface area contributed by atoms with E-state index < -0.39 is 0 Å². The number of likely N-dealkylation sites (N-methyl/N-ethyl adjacent to an activating group) is 2. The zero-order valence-corrected chi connectivity index (χ0v) is 13.8. The van der Waals surface area contributed by atoms with Crippen LogP contribution in [0.15, 0.2) is 0 Å². The summed E-state index contributed by atoms with van der Waals surface area (Å²) in [5.74, 6) is 0. The zero-order chi connectivity index (χ0) is 14.1. The first-order valence-electron chi connectivity index (χ1n) is 8.77. The SMILES string of the molecule is CCCC(NCC)C(CC)N(CC)C1CCCCC1. The van der Waals surface area contributed by atoms with E-state index in [1.54, 1.807) is 0 Å². The Balaban J connectivity index is 2.70. The molecule has 0 radical (unpaired) electrons. The standard InChI is InChI=1S/C17H36N2/c1-5-12-16(18-7-3)17(6-2)19(8-4)15-13-10-9-11-14-15/h15-18H,5-14H2,1-4H3. The van der Waals surface area contributed by atoms with Gasteiger partial charge in [0.2, 0.25) is 0 Å².